The van der Waals surface area contributed by atoms with Crippen LogP contribution in [-0.4, -0.2) is 40.5 Å². The molecule has 2 unspecified atom stereocenters. The summed E-state index contributed by atoms with van der Waals surface area (Å²) in [6.45, 7) is 3.35. The molecule has 0 radical (unpaired) electrons. The van der Waals surface area contributed by atoms with Crippen LogP contribution in [0.4, 0.5) is 0 Å². The fourth-order valence-electron chi connectivity index (χ4n) is 2.79. The van der Waals surface area contributed by atoms with Gasteiger partial charge in [0.1, 0.15) is 5.75 Å². The number of benzene rings is 1. The molecule has 2 atom stereocenters. The monoisotopic (exact) mass is 357 g/mol. The summed E-state index contributed by atoms with van der Waals surface area (Å²) < 4.78 is 17.7. The van der Waals surface area contributed by atoms with Crippen LogP contribution in [0.25, 0.3) is 0 Å². The molecule has 1 heterocycles. The summed E-state index contributed by atoms with van der Waals surface area (Å²) in [6.07, 6.45) is 2.37. The quantitative estimate of drug-likeness (QED) is 0.760. The number of halogens is 1. The number of hydrogen-bond donors (Lipinski definition) is 1. The highest BCUT2D eigenvalue weighted by Gasteiger charge is 2.29. The van der Waals surface area contributed by atoms with E-state index in [0.29, 0.717) is 5.92 Å². The van der Waals surface area contributed by atoms with Crippen LogP contribution in [-0.2, 0) is 9.47 Å². The van der Waals surface area contributed by atoms with Crippen molar-refractivity contribution in [3.05, 3.63) is 28.2 Å². The average molecular weight is 358 g/mol. The minimum Gasteiger partial charge on any atom is -0.496 e. The van der Waals surface area contributed by atoms with Crippen molar-refractivity contribution in [3.63, 3.8) is 0 Å². The first-order chi connectivity index (χ1) is 10.3. The van der Waals surface area contributed by atoms with Crippen LogP contribution in [0.15, 0.2) is 22.7 Å². The lowest BCUT2D eigenvalue weighted by molar-refractivity contribution is -0.0291. The lowest BCUT2D eigenvalue weighted by atomic mass is 9.89. The second-order valence-electron chi connectivity index (χ2n) is 5.28. The zero-order chi connectivity index (χ0) is 15.1. The molecule has 2 rings (SSSR count). The van der Waals surface area contributed by atoms with Gasteiger partial charge in [-0.15, -0.1) is 0 Å². The van der Waals surface area contributed by atoms with Crippen LogP contribution < -0.4 is 10.1 Å². The molecular weight excluding hydrogens is 334 g/mol. The van der Waals surface area contributed by atoms with Gasteiger partial charge in [0.2, 0.25) is 0 Å². The molecule has 5 heteroatoms. The molecule has 0 spiro atoms. The first-order valence-electron chi connectivity index (χ1n) is 7.41. The van der Waals surface area contributed by atoms with Crippen LogP contribution in [0.5, 0.6) is 5.75 Å². The third-order valence-corrected chi connectivity index (χ3v) is 4.33. The van der Waals surface area contributed by atoms with Gasteiger partial charge >= 0.3 is 0 Å². The lowest BCUT2D eigenvalue weighted by Gasteiger charge is -2.33. The summed E-state index contributed by atoms with van der Waals surface area (Å²) in [7, 11) is 3.43. The third-order valence-electron chi connectivity index (χ3n) is 3.83. The zero-order valence-electron chi connectivity index (χ0n) is 12.7. The summed E-state index contributed by atoms with van der Waals surface area (Å²) >= 11 is 3.54. The van der Waals surface area contributed by atoms with Crippen LogP contribution in [0, 0.1) is 5.92 Å². The molecule has 4 nitrogen and oxygen atoms in total. The second-order valence-corrected chi connectivity index (χ2v) is 6.19. The van der Waals surface area contributed by atoms with E-state index >= 15 is 0 Å². The van der Waals surface area contributed by atoms with Crippen LogP contribution in [0.3, 0.4) is 0 Å². The molecule has 0 saturated carbocycles. The van der Waals surface area contributed by atoms with Crippen molar-refractivity contribution in [2.24, 2.45) is 5.92 Å². The fraction of sp³-hybridized carbons (Fsp3) is 0.625. The number of ether oxygens (including phenoxy) is 3. The normalized spacial score (nSPS) is 22.2. The summed E-state index contributed by atoms with van der Waals surface area (Å²) in [5, 5.41) is 3.45. The maximum Gasteiger partial charge on any atom is 0.124 e. The van der Waals surface area contributed by atoms with Gasteiger partial charge in [-0.3, -0.25) is 0 Å². The van der Waals surface area contributed by atoms with Crippen molar-refractivity contribution < 1.29 is 14.2 Å². The molecular formula is C16H24BrNO3. The molecule has 0 aliphatic carbocycles. The molecule has 21 heavy (non-hydrogen) atoms. The topological polar surface area (TPSA) is 39.7 Å². The highest BCUT2D eigenvalue weighted by atomic mass is 79.9. The van der Waals surface area contributed by atoms with Crippen molar-refractivity contribution >= 4 is 15.9 Å². The molecule has 1 N–H and O–H groups in total. The average Bonchev–Trinajstić information content (AvgIpc) is 2.52. The Morgan fingerprint density at radius 3 is 3.00 bits per heavy atom. The van der Waals surface area contributed by atoms with E-state index in [-0.39, 0.29) is 6.10 Å². The van der Waals surface area contributed by atoms with E-state index in [2.05, 4.69) is 27.3 Å². The van der Waals surface area contributed by atoms with Crippen molar-refractivity contribution in [1.82, 2.24) is 5.32 Å². The standard InChI is InChI=1S/C16H24BrNO3/c1-19-9-7-18-11-12-4-3-8-21-16(12)14-10-13(17)5-6-15(14)20-2/h5-6,10,12,16,18H,3-4,7-9,11H2,1-2H3. The van der Waals surface area contributed by atoms with Gasteiger partial charge in [-0.2, -0.15) is 0 Å². The molecule has 0 bridgehead atoms. The van der Waals surface area contributed by atoms with Gasteiger partial charge in [0.15, 0.2) is 0 Å². The van der Waals surface area contributed by atoms with Gasteiger partial charge in [0, 0.05) is 42.8 Å². The summed E-state index contributed by atoms with van der Waals surface area (Å²) in [6, 6.07) is 6.10. The zero-order valence-corrected chi connectivity index (χ0v) is 14.3. The number of hydrogen-bond acceptors (Lipinski definition) is 4. The molecule has 1 saturated heterocycles. The van der Waals surface area contributed by atoms with Gasteiger partial charge < -0.3 is 19.5 Å². The van der Waals surface area contributed by atoms with Crippen molar-refractivity contribution in [1.29, 1.82) is 0 Å². The van der Waals surface area contributed by atoms with Gasteiger partial charge in [-0.25, -0.2) is 0 Å². The van der Waals surface area contributed by atoms with Crippen molar-refractivity contribution in [2.75, 3.05) is 40.5 Å². The minimum atomic E-state index is 0.0845. The molecule has 1 aromatic rings. The summed E-state index contributed by atoms with van der Waals surface area (Å²) in [4.78, 5) is 0. The molecule has 1 aliphatic rings. The Kier molecular flexibility index (Phi) is 6.96. The van der Waals surface area contributed by atoms with E-state index in [1.807, 2.05) is 12.1 Å². The van der Waals surface area contributed by atoms with Gasteiger partial charge in [-0.05, 0) is 31.0 Å². The second kappa shape index (κ2) is 8.73. The van der Waals surface area contributed by atoms with Crippen LogP contribution in [0.1, 0.15) is 24.5 Å². The Hall–Kier alpha value is -0.620. The predicted molar refractivity (Wildman–Crippen MR) is 86.9 cm³/mol. The van der Waals surface area contributed by atoms with Gasteiger partial charge in [-0.1, -0.05) is 15.9 Å². The van der Waals surface area contributed by atoms with E-state index in [1.54, 1.807) is 14.2 Å². The Labute approximate surface area is 135 Å². The van der Waals surface area contributed by atoms with Gasteiger partial charge in [0.25, 0.3) is 0 Å². The molecule has 0 amide bonds. The largest absolute Gasteiger partial charge is 0.496 e. The molecule has 0 aromatic heterocycles. The maximum atomic E-state index is 6.06. The van der Waals surface area contributed by atoms with E-state index in [1.165, 1.54) is 6.42 Å². The number of rotatable bonds is 7. The summed E-state index contributed by atoms with van der Waals surface area (Å²) in [5.74, 6) is 1.35. The predicted octanol–water partition coefficient (Wildman–Crippen LogP) is 3.16. The molecule has 1 aliphatic heterocycles. The van der Waals surface area contributed by atoms with Crippen molar-refractivity contribution in [3.8, 4) is 5.75 Å². The summed E-state index contributed by atoms with van der Waals surface area (Å²) in [5.41, 5.74) is 1.13. The van der Waals surface area contributed by atoms with Gasteiger partial charge in [0.05, 0.1) is 19.8 Å². The molecule has 118 valence electrons. The Balaban J connectivity index is 2.08. The third kappa shape index (κ3) is 4.68. The van der Waals surface area contributed by atoms with Crippen LogP contribution in [0.2, 0.25) is 0 Å². The highest BCUT2D eigenvalue weighted by molar-refractivity contribution is 9.10. The molecule has 1 fully saturated rings. The Morgan fingerprint density at radius 2 is 2.24 bits per heavy atom. The SMILES string of the molecule is COCCNCC1CCCOC1c1cc(Br)ccc1OC. The Bertz CT molecular complexity index is 442. The molecule has 1 aromatic carbocycles. The van der Waals surface area contributed by atoms with E-state index in [4.69, 9.17) is 14.2 Å². The van der Waals surface area contributed by atoms with E-state index in [9.17, 15) is 0 Å². The smallest absolute Gasteiger partial charge is 0.124 e. The first-order valence-corrected chi connectivity index (χ1v) is 8.20. The fourth-order valence-corrected chi connectivity index (χ4v) is 3.16. The van der Waals surface area contributed by atoms with Crippen LogP contribution >= 0.6 is 15.9 Å². The lowest BCUT2D eigenvalue weighted by Crippen LogP contribution is -2.33. The number of nitrogens with one attached hydrogen (secondary N) is 1. The first kappa shape index (κ1) is 16.7. The number of methoxy groups -OCH3 is 2. The van der Waals surface area contributed by atoms with E-state index < -0.39 is 0 Å². The van der Waals surface area contributed by atoms with E-state index in [0.717, 1.165) is 48.5 Å². The maximum absolute atomic E-state index is 6.06. The highest BCUT2D eigenvalue weighted by Crippen LogP contribution is 2.39. The minimum absolute atomic E-state index is 0.0845. The van der Waals surface area contributed by atoms with Crippen molar-refractivity contribution in [2.45, 2.75) is 18.9 Å². The Morgan fingerprint density at radius 1 is 1.38 bits per heavy atom.